The van der Waals surface area contributed by atoms with Crippen molar-refractivity contribution in [2.45, 2.75) is 41.0 Å². The van der Waals surface area contributed by atoms with Crippen LogP contribution < -0.4 is 5.32 Å². The van der Waals surface area contributed by atoms with Gasteiger partial charge in [-0.2, -0.15) is 0 Å². The van der Waals surface area contributed by atoms with E-state index in [1.54, 1.807) is 13.8 Å². The molecule has 6 nitrogen and oxygen atoms in total. The number of anilines is 1. The molecule has 0 saturated carbocycles. The molecule has 1 aliphatic rings. The molecule has 0 bridgehead atoms. The number of nitrogens with zero attached hydrogens (tertiary/aromatic N) is 1. The van der Waals surface area contributed by atoms with E-state index in [4.69, 9.17) is 4.74 Å². The van der Waals surface area contributed by atoms with Crippen molar-refractivity contribution in [1.82, 2.24) is 4.90 Å². The Morgan fingerprint density at radius 2 is 1.85 bits per heavy atom. The van der Waals surface area contributed by atoms with E-state index in [1.807, 2.05) is 0 Å². The minimum absolute atomic E-state index is 0.128. The van der Waals surface area contributed by atoms with Crippen molar-refractivity contribution in [3.05, 3.63) is 16.0 Å². The fourth-order valence-corrected chi connectivity index (χ4v) is 4.78. The highest BCUT2D eigenvalue weighted by Crippen LogP contribution is 2.34. The van der Waals surface area contributed by atoms with Crippen LogP contribution in [0.3, 0.4) is 0 Å². The summed E-state index contributed by atoms with van der Waals surface area (Å²) in [5, 5.41) is 3.23. The molecule has 0 aromatic carbocycles. The average molecular weight is 381 g/mol. The number of hydrogen-bond donors (Lipinski definition) is 1. The summed E-state index contributed by atoms with van der Waals surface area (Å²) in [5.41, 5.74) is 0.854. The maximum Gasteiger partial charge on any atom is 0.341 e. The minimum atomic E-state index is -0.510. The van der Waals surface area contributed by atoms with Crippen molar-refractivity contribution >= 4 is 34.0 Å². The van der Waals surface area contributed by atoms with Gasteiger partial charge in [0.2, 0.25) is 5.91 Å². The molecule has 2 rings (SSSR count). The Labute approximate surface area is 158 Å². The van der Waals surface area contributed by atoms with Crippen molar-refractivity contribution in [3.8, 4) is 0 Å². The predicted octanol–water partition coefficient (Wildman–Crippen LogP) is 3.35. The van der Waals surface area contributed by atoms with Crippen LogP contribution in [0, 0.1) is 18.8 Å². The number of piperidine rings is 1. The number of rotatable bonds is 6. The van der Waals surface area contributed by atoms with Gasteiger partial charge in [-0.1, -0.05) is 13.8 Å². The highest BCUT2D eigenvalue weighted by Gasteiger charge is 2.27. The Bertz CT molecular complexity index is 688. The first-order valence-corrected chi connectivity index (χ1v) is 9.88. The average Bonchev–Trinajstić information content (AvgIpc) is 2.82. The van der Waals surface area contributed by atoms with Crippen LogP contribution >= 0.6 is 11.3 Å². The SMILES string of the molecule is CCOC(=O)c1c(NC(=O)CN2C[C@H](C)C[C@@H](C)C2)sc(C(C)=O)c1C. The van der Waals surface area contributed by atoms with Gasteiger partial charge in [-0.3, -0.25) is 14.5 Å². The third-order valence-electron chi connectivity index (χ3n) is 4.51. The lowest BCUT2D eigenvalue weighted by Gasteiger charge is -2.34. The van der Waals surface area contributed by atoms with Crippen molar-refractivity contribution in [2.24, 2.45) is 11.8 Å². The zero-order chi connectivity index (χ0) is 19.4. The molecule has 0 spiro atoms. The standard InChI is InChI=1S/C19H28N2O4S/c1-6-25-19(24)16-13(4)17(14(5)22)26-18(16)20-15(23)10-21-8-11(2)7-12(3)9-21/h11-12H,6-10H2,1-5H3,(H,20,23)/t11-,12-/m1/s1. The molecule has 2 heterocycles. The second-order valence-electron chi connectivity index (χ2n) is 7.23. The van der Waals surface area contributed by atoms with Gasteiger partial charge in [-0.15, -0.1) is 11.3 Å². The number of Topliss-reactive ketones (excluding diaryl/α,β-unsaturated/α-hetero) is 1. The number of carbonyl (C=O) groups excluding carboxylic acids is 3. The lowest BCUT2D eigenvalue weighted by Crippen LogP contribution is -2.42. The van der Waals surface area contributed by atoms with Crippen molar-refractivity contribution in [1.29, 1.82) is 0 Å². The van der Waals surface area contributed by atoms with Gasteiger partial charge in [-0.25, -0.2) is 4.79 Å². The number of thiophene rings is 1. The number of ether oxygens (including phenoxy) is 1. The Kier molecular flexibility index (Phi) is 6.94. The van der Waals surface area contributed by atoms with Gasteiger partial charge in [0, 0.05) is 13.1 Å². The molecule has 144 valence electrons. The van der Waals surface area contributed by atoms with E-state index >= 15 is 0 Å². The first kappa shape index (κ1) is 20.6. The zero-order valence-electron chi connectivity index (χ0n) is 16.2. The van der Waals surface area contributed by atoms with Crippen LogP contribution in [0.15, 0.2) is 0 Å². The second kappa shape index (κ2) is 8.77. The second-order valence-corrected chi connectivity index (χ2v) is 8.25. The summed E-state index contributed by atoms with van der Waals surface area (Å²) in [4.78, 5) is 39.3. The summed E-state index contributed by atoms with van der Waals surface area (Å²) >= 11 is 1.14. The summed E-state index contributed by atoms with van der Waals surface area (Å²) in [7, 11) is 0. The monoisotopic (exact) mass is 380 g/mol. The van der Waals surface area contributed by atoms with Crippen LogP contribution in [0.25, 0.3) is 0 Å². The van der Waals surface area contributed by atoms with Crippen LogP contribution in [-0.4, -0.2) is 48.8 Å². The van der Waals surface area contributed by atoms with Gasteiger partial charge in [0.05, 0.1) is 23.6 Å². The molecule has 26 heavy (non-hydrogen) atoms. The fourth-order valence-electron chi connectivity index (χ4n) is 3.68. The third kappa shape index (κ3) is 4.92. The maximum atomic E-state index is 12.5. The van der Waals surface area contributed by atoms with Crippen LogP contribution in [0.2, 0.25) is 0 Å². The molecular formula is C19H28N2O4S. The number of hydrogen-bond acceptors (Lipinski definition) is 6. The lowest BCUT2D eigenvalue weighted by atomic mass is 9.92. The molecule has 1 aliphatic heterocycles. The van der Waals surface area contributed by atoms with Crippen LogP contribution in [-0.2, 0) is 9.53 Å². The molecule has 1 aromatic rings. The number of likely N-dealkylation sites (tertiary alicyclic amines) is 1. The minimum Gasteiger partial charge on any atom is -0.462 e. The number of amides is 1. The third-order valence-corrected chi connectivity index (χ3v) is 5.82. The van der Waals surface area contributed by atoms with E-state index in [9.17, 15) is 14.4 Å². The van der Waals surface area contributed by atoms with Gasteiger partial charge >= 0.3 is 5.97 Å². The number of nitrogens with one attached hydrogen (secondary N) is 1. The molecular weight excluding hydrogens is 352 g/mol. The zero-order valence-corrected chi connectivity index (χ0v) is 17.0. The van der Waals surface area contributed by atoms with Crippen molar-refractivity contribution < 1.29 is 19.1 Å². The molecule has 1 amide bonds. The van der Waals surface area contributed by atoms with E-state index in [0.29, 0.717) is 27.3 Å². The summed E-state index contributed by atoms with van der Waals surface area (Å²) < 4.78 is 5.10. The molecule has 1 aromatic heterocycles. The molecule has 0 aliphatic carbocycles. The summed E-state index contributed by atoms with van der Waals surface area (Å²) in [6.45, 7) is 11.6. The van der Waals surface area contributed by atoms with E-state index in [1.165, 1.54) is 13.3 Å². The summed E-state index contributed by atoms with van der Waals surface area (Å²) in [6, 6.07) is 0. The van der Waals surface area contributed by atoms with Gasteiger partial charge in [0.15, 0.2) is 5.78 Å². The predicted molar refractivity (Wildman–Crippen MR) is 103 cm³/mol. The first-order chi connectivity index (χ1) is 12.2. The number of ketones is 1. The van der Waals surface area contributed by atoms with Gasteiger partial charge in [0.25, 0.3) is 0 Å². The summed E-state index contributed by atoms with van der Waals surface area (Å²) in [6.07, 6.45) is 1.18. The lowest BCUT2D eigenvalue weighted by molar-refractivity contribution is -0.117. The molecule has 1 saturated heterocycles. The van der Waals surface area contributed by atoms with Crippen LogP contribution in [0.5, 0.6) is 0 Å². The van der Waals surface area contributed by atoms with E-state index in [2.05, 4.69) is 24.1 Å². The van der Waals surface area contributed by atoms with Crippen molar-refractivity contribution in [3.63, 3.8) is 0 Å². The Morgan fingerprint density at radius 3 is 2.38 bits per heavy atom. The largest absolute Gasteiger partial charge is 0.462 e. The van der Waals surface area contributed by atoms with Gasteiger partial charge in [-0.05, 0) is 44.6 Å². The quantitative estimate of drug-likeness (QED) is 0.605. The maximum absolute atomic E-state index is 12.5. The number of esters is 1. The molecule has 7 heteroatoms. The van der Waals surface area contributed by atoms with E-state index in [0.717, 1.165) is 24.4 Å². The Morgan fingerprint density at radius 1 is 1.23 bits per heavy atom. The fraction of sp³-hybridized carbons (Fsp3) is 0.632. The van der Waals surface area contributed by atoms with Crippen LogP contribution in [0.4, 0.5) is 5.00 Å². The van der Waals surface area contributed by atoms with Crippen molar-refractivity contribution in [2.75, 3.05) is 31.6 Å². The van der Waals surface area contributed by atoms with E-state index < -0.39 is 5.97 Å². The topological polar surface area (TPSA) is 75.7 Å². The Balaban J connectivity index is 2.16. The smallest absolute Gasteiger partial charge is 0.341 e. The van der Waals surface area contributed by atoms with Gasteiger partial charge < -0.3 is 10.1 Å². The molecule has 0 radical (unpaired) electrons. The normalized spacial score (nSPS) is 20.7. The van der Waals surface area contributed by atoms with E-state index in [-0.39, 0.29) is 30.4 Å². The molecule has 2 atom stereocenters. The highest BCUT2D eigenvalue weighted by atomic mass is 32.1. The molecule has 1 N–H and O–H groups in total. The molecule has 0 unspecified atom stereocenters. The first-order valence-electron chi connectivity index (χ1n) is 9.06. The highest BCUT2D eigenvalue weighted by molar-refractivity contribution is 7.18. The van der Waals surface area contributed by atoms with Gasteiger partial charge in [0.1, 0.15) is 5.00 Å². The van der Waals surface area contributed by atoms with Crippen LogP contribution in [0.1, 0.15) is 59.7 Å². The summed E-state index contributed by atoms with van der Waals surface area (Å²) in [5.74, 6) is 0.319. The number of carbonyl (C=O) groups is 3. The Hall–Kier alpha value is -1.73. The molecule has 1 fully saturated rings.